The number of nitrogens with one attached hydrogen (secondary N) is 3. The average Bonchev–Trinajstić information content (AvgIpc) is 3.31. The number of halogens is 3. The fourth-order valence-electron chi connectivity index (χ4n) is 3.57. The van der Waals surface area contributed by atoms with Crippen LogP contribution in [0.3, 0.4) is 0 Å². The highest BCUT2D eigenvalue weighted by atomic mass is 19.4. The number of benzene rings is 2. The lowest BCUT2D eigenvalue weighted by Gasteiger charge is -2.27. The number of carbonyl (C=O) groups is 2. The van der Waals surface area contributed by atoms with E-state index in [1.807, 2.05) is 0 Å². The zero-order valence-corrected chi connectivity index (χ0v) is 19.5. The highest BCUT2D eigenvalue weighted by Gasteiger charge is 2.43. The lowest BCUT2D eigenvalue weighted by atomic mass is 9.97. The number of rotatable bonds is 10. The molecule has 0 aliphatic carbocycles. The molecule has 0 saturated carbocycles. The minimum absolute atomic E-state index is 0.0689. The van der Waals surface area contributed by atoms with E-state index in [9.17, 15) is 22.8 Å². The topological polar surface area (TPSA) is 97.9 Å². The van der Waals surface area contributed by atoms with Crippen LogP contribution in [0.2, 0.25) is 0 Å². The Balaban J connectivity index is 1.63. The maximum Gasteiger partial charge on any atom is 0.420 e. The fourth-order valence-corrected chi connectivity index (χ4v) is 3.57. The van der Waals surface area contributed by atoms with Gasteiger partial charge in [-0.2, -0.15) is 13.2 Å². The Labute approximate surface area is 201 Å². The van der Waals surface area contributed by atoms with Gasteiger partial charge in [0.05, 0.1) is 13.7 Å². The predicted molar refractivity (Wildman–Crippen MR) is 121 cm³/mol. The van der Waals surface area contributed by atoms with Crippen molar-refractivity contribution in [1.82, 2.24) is 16.0 Å². The predicted octanol–water partition coefficient (Wildman–Crippen LogP) is 3.01. The Hall–Kier alpha value is -3.31. The summed E-state index contributed by atoms with van der Waals surface area (Å²) >= 11 is 0. The van der Waals surface area contributed by atoms with Gasteiger partial charge in [0.2, 0.25) is 11.8 Å². The number of amides is 2. The van der Waals surface area contributed by atoms with Crippen molar-refractivity contribution in [2.75, 3.05) is 33.9 Å². The summed E-state index contributed by atoms with van der Waals surface area (Å²) in [5.74, 6) is -0.691. The average molecular weight is 495 g/mol. The number of methoxy groups -OCH3 is 1. The van der Waals surface area contributed by atoms with Gasteiger partial charge in [-0.15, -0.1) is 0 Å². The summed E-state index contributed by atoms with van der Waals surface area (Å²) in [6.07, 6.45) is -4.02. The molecule has 11 heteroatoms. The zero-order valence-electron chi connectivity index (χ0n) is 19.5. The van der Waals surface area contributed by atoms with Gasteiger partial charge < -0.3 is 30.2 Å². The van der Waals surface area contributed by atoms with Crippen molar-refractivity contribution in [2.24, 2.45) is 0 Å². The molecular weight excluding hydrogens is 467 g/mol. The molecule has 1 saturated heterocycles. The fraction of sp³-hybridized carbons (Fsp3) is 0.417. The molecule has 2 aromatic rings. The molecule has 3 rings (SSSR count). The SMILES string of the molecule is CNCCC(=O)NC1(C(=O)NCc2ccc(Oc3ccc(OC)cc3C(F)(F)F)cc2)CCOC1. The normalized spacial score (nSPS) is 17.6. The van der Waals surface area contributed by atoms with Crippen LogP contribution in [0.1, 0.15) is 24.0 Å². The molecule has 0 spiro atoms. The van der Waals surface area contributed by atoms with Crippen molar-refractivity contribution in [1.29, 1.82) is 0 Å². The van der Waals surface area contributed by atoms with Crippen LogP contribution in [0.25, 0.3) is 0 Å². The summed E-state index contributed by atoms with van der Waals surface area (Å²) in [6.45, 7) is 1.08. The highest BCUT2D eigenvalue weighted by molar-refractivity contribution is 5.92. The molecule has 0 radical (unpaired) electrons. The van der Waals surface area contributed by atoms with E-state index in [2.05, 4.69) is 16.0 Å². The molecule has 2 amide bonds. The van der Waals surface area contributed by atoms with Gasteiger partial charge in [-0.3, -0.25) is 9.59 Å². The number of carbonyl (C=O) groups excluding carboxylic acids is 2. The van der Waals surface area contributed by atoms with E-state index >= 15 is 0 Å². The van der Waals surface area contributed by atoms with Crippen LogP contribution in [0.15, 0.2) is 42.5 Å². The summed E-state index contributed by atoms with van der Waals surface area (Å²) in [4.78, 5) is 25.1. The van der Waals surface area contributed by atoms with Crippen LogP contribution in [-0.4, -0.2) is 51.3 Å². The van der Waals surface area contributed by atoms with E-state index in [0.29, 0.717) is 25.1 Å². The molecule has 3 N–H and O–H groups in total. The third-order valence-electron chi connectivity index (χ3n) is 5.53. The Morgan fingerprint density at radius 1 is 1.11 bits per heavy atom. The van der Waals surface area contributed by atoms with Gasteiger partial charge in [-0.25, -0.2) is 0 Å². The van der Waals surface area contributed by atoms with Crippen LogP contribution in [0, 0.1) is 0 Å². The van der Waals surface area contributed by atoms with Gasteiger partial charge in [-0.1, -0.05) is 12.1 Å². The summed E-state index contributed by atoms with van der Waals surface area (Å²) in [6, 6.07) is 9.75. The minimum Gasteiger partial charge on any atom is -0.497 e. The first-order valence-corrected chi connectivity index (χ1v) is 11.0. The molecule has 1 unspecified atom stereocenters. The molecule has 1 fully saturated rings. The van der Waals surface area contributed by atoms with E-state index in [-0.39, 0.29) is 48.6 Å². The van der Waals surface area contributed by atoms with E-state index in [4.69, 9.17) is 14.2 Å². The number of hydrogen-bond donors (Lipinski definition) is 3. The van der Waals surface area contributed by atoms with Crippen molar-refractivity contribution in [2.45, 2.75) is 31.1 Å². The largest absolute Gasteiger partial charge is 0.497 e. The quantitative estimate of drug-likeness (QED) is 0.469. The lowest BCUT2D eigenvalue weighted by molar-refractivity contribution is -0.138. The molecule has 0 bridgehead atoms. The van der Waals surface area contributed by atoms with Gasteiger partial charge in [0.15, 0.2) is 0 Å². The molecule has 1 aliphatic heterocycles. The molecule has 1 heterocycles. The van der Waals surface area contributed by atoms with Gasteiger partial charge >= 0.3 is 6.18 Å². The van der Waals surface area contributed by atoms with Gasteiger partial charge in [0.25, 0.3) is 0 Å². The summed E-state index contributed by atoms with van der Waals surface area (Å²) < 4.78 is 55.9. The first-order valence-electron chi connectivity index (χ1n) is 11.0. The first kappa shape index (κ1) is 26.3. The molecular formula is C24H28F3N3O5. The van der Waals surface area contributed by atoms with Crippen molar-refractivity contribution < 1.29 is 37.0 Å². The molecule has 190 valence electrons. The van der Waals surface area contributed by atoms with E-state index in [0.717, 1.165) is 6.07 Å². The molecule has 1 atom stereocenters. The van der Waals surface area contributed by atoms with Gasteiger partial charge in [0.1, 0.15) is 28.4 Å². The highest BCUT2D eigenvalue weighted by Crippen LogP contribution is 2.40. The molecule has 2 aromatic carbocycles. The first-order chi connectivity index (χ1) is 16.7. The summed E-state index contributed by atoms with van der Waals surface area (Å²) in [5, 5.41) is 8.47. The van der Waals surface area contributed by atoms with E-state index < -0.39 is 17.3 Å². The zero-order chi connectivity index (χ0) is 25.5. The molecule has 1 aliphatic rings. The maximum absolute atomic E-state index is 13.4. The van der Waals surface area contributed by atoms with Gasteiger partial charge in [-0.05, 0) is 42.9 Å². The maximum atomic E-state index is 13.4. The Bertz CT molecular complexity index is 1020. The standard InChI is InChI=1S/C24H28F3N3O5/c1-28-11-9-21(31)30-23(10-12-34-15-23)22(32)29-14-16-3-5-17(6-4-16)35-20-8-7-18(33-2)13-19(20)24(25,26)27/h3-8,13,28H,9-12,14-15H2,1-2H3,(H,29,32)(H,30,31). The smallest absolute Gasteiger partial charge is 0.420 e. The van der Waals surface area contributed by atoms with E-state index in [1.165, 1.54) is 31.4 Å². The van der Waals surface area contributed by atoms with Crippen LogP contribution >= 0.6 is 0 Å². The molecule has 0 aromatic heterocycles. The Kier molecular flexibility index (Phi) is 8.57. The van der Waals surface area contributed by atoms with Crippen LogP contribution < -0.4 is 25.4 Å². The second kappa shape index (κ2) is 11.4. The Morgan fingerprint density at radius 2 is 1.83 bits per heavy atom. The summed E-state index contributed by atoms with van der Waals surface area (Å²) in [5.41, 5.74) is -1.38. The van der Waals surface area contributed by atoms with Crippen molar-refractivity contribution in [3.05, 3.63) is 53.6 Å². The van der Waals surface area contributed by atoms with Crippen LogP contribution in [-0.2, 0) is 27.0 Å². The second-order valence-corrected chi connectivity index (χ2v) is 8.07. The number of ether oxygens (including phenoxy) is 3. The number of hydrogen-bond acceptors (Lipinski definition) is 6. The summed E-state index contributed by atoms with van der Waals surface area (Å²) in [7, 11) is 3.02. The van der Waals surface area contributed by atoms with Crippen molar-refractivity contribution in [3.63, 3.8) is 0 Å². The van der Waals surface area contributed by atoms with E-state index in [1.54, 1.807) is 19.2 Å². The monoisotopic (exact) mass is 495 g/mol. The van der Waals surface area contributed by atoms with Crippen LogP contribution in [0.5, 0.6) is 17.2 Å². The number of alkyl halides is 3. The van der Waals surface area contributed by atoms with Crippen LogP contribution in [0.4, 0.5) is 13.2 Å². The molecule has 35 heavy (non-hydrogen) atoms. The third kappa shape index (κ3) is 6.86. The van der Waals surface area contributed by atoms with Gasteiger partial charge in [0, 0.05) is 32.5 Å². The molecule has 8 nitrogen and oxygen atoms in total. The third-order valence-corrected chi connectivity index (χ3v) is 5.53. The second-order valence-electron chi connectivity index (χ2n) is 8.07. The van der Waals surface area contributed by atoms with Crippen molar-refractivity contribution in [3.8, 4) is 17.2 Å². The minimum atomic E-state index is -4.61. The lowest BCUT2D eigenvalue weighted by Crippen LogP contribution is -2.59. The Morgan fingerprint density at radius 3 is 2.43 bits per heavy atom. The van der Waals surface area contributed by atoms with Crippen molar-refractivity contribution >= 4 is 11.8 Å².